The third kappa shape index (κ3) is 25.9. The smallest absolute Gasteiger partial charge is 0.329 e. The minimum absolute atomic E-state index is 0.0197. The van der Waals surface area contributed by atoms with Crippen molar-refractivity contribution in [1.29, 1.82) is 0 Å². The summed E-state index contributed by atoms with van der Waals surface area (Å²) >= 11 is 0. The summed E-state index contributed by atoms with van der Waals surface area (Å²) in [7, 11) is 0. The molecule has 0 heterocycles. The second-order valence-electron chi connectivity index (χ2n) is 12.6. The van der Waals surface area contributed by atoms with Gasteiger partial charge in [-0.05, 0) is 60.8 Å². The molecule has 0 radical (unpaired) electrons. The molecule has 1 atom stereocenters. The van der Waals surface area contributed by atoms with E-state index in [-0.39, 0.29) is 24.7 Å². The lowest BCUT2D eigenvalue weighted by Crippen LogP contribution is -2.44. The average molecular weight is 556 g/mol. The van der Waals surface area contributed by atoms with E-state index in [9.17, 15) is 19.2 Å². The lowest BCUT2D eigenvalue weighted by Gasteiger charge is -2.24. The quantitative estimate of drug-likeness (QED) is 0.107. The zero-order chi connectivity index (χ0) is 29.7. The lowest BCUT2D eigenvalue weighted by atomic mass is 10.0. The van der Waals surface area contributed by atoms with E-state index in [0.717, 1.165) is 32.1 Å². The van der Waals surface area contributed by atoms with Gasteiger partial charge >= 0.3 is 17.9 Å². The van der Waals surface area contributed by atoms with Crippen molar-refractivity contribution >= 4 is 23.8 Å². The third-order valence-electron chi connectivity index (χ3n) is 6.13. The average Bonchev–Trinajstić information content (AvgIpc) is 2.79. The lowest BCUT2D eigenvalue weighted by molar-refractivity contribution is -0.159. The molecule has 0 aliphatic rings. The van der Waals surface area contributed by atoms with Crippen LogP contribution < -0.4 is 5.32 Å². The number of rotatable bonds is 22. The largest absolute Gasteiger partial charge is 0.481 e. The van der Waals surface area contributed by atoms with E-state index in [1.807, 2.05) is 20.8 Å². The molecule has 0 spiro atoms. The second-order valence-corrected chi connectivity index (χ2v) is 12.6. The number of unbranched alkanes of at least 4 members (excludes halogenated alkanes) is 13. The SMILES string of the molecule is CC(C)(C)OC(=O)CCCCCCCCCCCCCCCCC(=O)N[C@H](CCC(=O)O)C(=O)OC(C)(C)C. The molecule has 0 rings (SSSR count). The first-order chi connectivity index (χ1) is 18.2. The fourth-order valence-electron chi connectivity index (χ4n) is 4.22. The molecule has 0 bridgehead atoms. The molecule has 0 saturated heterocycles. The Labute approximate surface area is 237 Å². The van der Waals surface area contributed by atoms with Crippen LogP contribution in [0.4, 0.5) is 0 Å². The summed E-state index contributed by atoms with van der Waals surface area (Å²) < 4.78 is 10.6. The first kappa shape index (κ1) is 36.9. The van der Waals surface area contributed by atoms with Gasteiger partial charge < -0.3 is 19.9 Å². The van der Waals surface area contributed by atoms with Crippen LogP contribution in [0.15, 0.2) is 0 Å². The molecular formula is C31H57NO7. The van der Waals surface area contributed by atoms with Crippen molar-refractivity contribution in [3.8, 4) is 0 Å². The van der Waals surface area contributed by atoms with Crippen LogP contribution in [0.1, 0.15) is 157 Å². The minimum Gasteiger partial charge on any atom is -0.481 e. The van der Waals surface area contributed by atoms with Crippen molar-refractivity contribution < 1.29 is 33.8 Å². The predicted molar refractivity (Wildman–Crippen MR) is 154 cm³/mol. The highest BCUT2D eigenvalue weighted by atomic mass is 16.6. The molecule has 0 fully saturated rings. The highest BCUT2D eigenvalue weighted by Gasteiger charge is 2.27. The molecule has 0 aromatic rings. The van der Waals surface area contributed by atoms with Gasteiger partial charge in [-0.1, -0.05) is 77.0 Å². The number of carbonyl (C=O) groups excluding carboxylic acids is 3. The number of carbonyl (C=O) groups is 4. The minimum atomic E-state index is -1.01. The summed E-state index contributed by atoms with van der Waals surface area (Å²) in [6.07, 6.45) is 16.6. The van der Waals surface area contributed by atoms with Crippen LogP contribution in [0.5, 0.6) is 0 Å². The summed E-state index contributed by atoms with van der Waals surface area (Å²) in [6, 6.07) is -0.933. The van der Waals surface area contributed by atoms with Crippen LogP contribution in [0.25, 0.3) is 0 Å². The number of hydrogen-bond donors (Lipinski definition) is 2. The Balaban J connectivity index is 3.71. The maximum atomic E-state index is 12.3. The van der Waals surface area contributed by atoms with Crippen LogP contribution in [0.2, 0.25) is 0 Å². The monoisotopic (exact) mass is 555 g/mol. The van der Waals surface area contributed by atoms with Crippen LogP contribution in [-0.2, 0) is 28.7 Å². The number of hydrogen-bond acceptors (Lipinski definition) is 6. The van der Waals surface area contributed by atoms with Crippen molar-refractivity contribution in [2.75, 3.05) is 0 Å². The maximum Gasteiger partial charge on any atom is 0.329 e. The van der Waals surface area contributed by atoms with Crippen molar-refractivity contribution in [2.24, 2.45) is 0 Å². The van der Waals surface area contributed by atoms with Gasteiger partial charge in [0.15, 0.2) is 0 Å². The predicted octanol–water partition coefficient (Wildman–Crippen LogP) is 7.26. The Kier molecular flexibility index (Phi) is 19.6. The van der Waals surface area contributed by atoms with E-state index in [1.165, 1.54) is 57.8 Å². The molecule has 1 amide bonds. The fraction of sp³-hybridized carbons (Fsp3) is 0.871. The molecule has 0 unspecified atom stereocenters. The molecular weight excluding hydrogens is 498 g/mol. The molecule has 0 saturated carbocycles. The number of nitrogens with one attached hydrogen (secondary N) is 1. The molecule has 0 aromatic carbocycles. The maximum absolute atomic E-state index is 12.3. The number of ether oxygens (including phenoxy) is 2. The van der Waals surface area contributed by atoms with Gasteiger partial charge in [0.2, 0.25) is 5.91 Å². The molecule has 0 aromatic heterocycles. The number of carboxylic acids is 1. The summed E-state index contributed by atoms with van der Waals surface area (Å²) in [5.41, 5.74) is -1.09. The van der Waals surface area contributed by atoms with E-state index in [1.54, 1.807) is 20.8 Å². The van der Waals surface area contributed by atoms with Gasteiger partial charge in [0.25, 0.3) is 0 Å². The number of aliphatic carboxylic acids is 1. The number of amides is 1. The van der Waals surface area contributed by atoms with Gasteiger partial charge in [0, 0.05) is 19.3 Å². The van der Waals surface area contributed by atoms with Crippen molar-refractivity contribution in [1.82, 2.24) is 5.32 Å². The highest BCUT2D eigenvalue weighted by Crippen LogP contribution is 2.15. The molecule has 39 heavy (non-hydrogen) atoms. The van der Waals surface area contributed by atoms with Crippen LogP contribution in [0.3, 0.4) is 0 Å². The first-order valence-electron chi connectivity index (χ1n) is 15.2. The van der Waals surface area contributed by atoms with Crippen LogP contribution in [-0.4, -0.2) is 46.2 Å². The van der Waals surface area contributed by atoms with Gasteiger partial charge in [-0.3, -0.25) is 14.4 Å². The van der Waals surface area contributed by atoms with Gasteiger partial charge in [-0.2, -0.15) is 0 Å². The van der Waals surface area contributed by atoms with E-state index >= 15 is 0 Å². The molecule has 0 aliphatic carbocycles. The molecule has 8 nitrogen and oxygen atoms in total. The summed E-state index contributed by atoms with van der Waals surface area (Å²) in [5, 5.41) is 11.6. The highest BCUT2D eigenvalue weighted by molar-refractivity contribution is 5.85. The van der Waals surface area contributed by atoms with E-state index in [4.69, 9.17) is 14.6 Å². The molecule has 8 heteroatoms. The topological polar surface area (TPSA) is 119 Å². The van der Waals surface area contributed by atoms with E-state index in [2.05, 4.69) is 5.32 Å². The Hall–Kier alpha value is -2.12. The van der Waals surface area contributed by atoms with E-state index < -0.39 is 29.2 Å². The van der Waals surface area contributed by atoms with Gasteiger partial charge in [0.05, 0.1) is 0 Å². The van der Waals surface area contributed by atoms with Crippen molar-refractivity contribution in [3.05, 3.63) is 0 Å². The Bertz CT molecular complexity index is 707. The van der Waals surface area contributed by atoms with Crippen LogP contribution in [0, 0.1) is 0 Å². The second kappa shape index (κ2) is 20.7. The number of esters is 2. The molecule has 2 N–H and O–H groups in total. The Morgan fingerprint density at radius 1 is 0.590 bits per heavy atom. The third-order valence-corrected chi connectivity index (χ3v) is 6.13. The van der Waals surface area contributed by atoms with Crippen molar-refractivity contribution in [2.45, 2.75) is 174 Å². The van der Waals surface area contributed by atoms with Gasteiger partial charge in [0.1, 0.15) is 17.2 Å². The fourth-order valence-corrected chi connectivity index (χ4v) is 4.22. The summed E-state index contributed by atoms with van der Waals surface area (Å²) in [6.45, 7) is 10.9. The zero-order valence-electron chi connectivity index (χ0n) is 25.7. The van der Waals surface area contributed by atoms with E-state index in [0.29, 0.717) is 12.8 Å². The van der Waals surface area contributed by atoms with Crippen LogP contribution >= 0.6 is 0 Å². The molecule has 228 valence electrons. The number of carboxylic acid groups (broad SMARTS) is 1. The Morgan fingerprint density at radius 2 is 0.974 bits per heavy atom. The standard InChI is InChI=1S/C31H57NO7/c1-30(2,3)38-28(36)22-20-18-16-14-12-10-8-7-9-11-13-15-17-19-21-26(33)32-25(23-24-27(34)35)29(37)39-31(4,5)6/h25H,7-24H2,1-6H3,(H,32,33)(H,34,35)/t25-/m1/s1. The summed E-state index contributed by atoms with van der Waals surface area (Å²) in [4.78, 5) is 47.2. The van der Waals surface area contributed by atoms with Gasteiger partial charge in [-0.15, -0.1) is 0 Å². The normalized spacial score (nSPS) is 12.6. The zero-order valence-corrected chi connectivity index (χ0v) is 25.7. The summed E-state index contributed by atoms with van der Waals surface area (Å²) in [5.74, 6) is -1.93. The molecule has 0 aliphatic heterocycles. The first-order valence-corrected chi connectivity index (χ1v) is 15.2. The Morgan fingerprint density at radius 3 is 1.36 bits per heavy atom. The van der Waals surface area contributed by atoms with Gasteiger partial charge in [-0.25, -0.2) is 4.79 Å². The van der Waals surface area contributed by atoms with Crippen molar-refractivity contribution in [3.63, 3.8) is 0 Å².